The van der Waals surface area contributed by atoms with Crippen LogP contribution in [-0.2, 0) is 19.1 Å². The third-order valence-corrected chi connectivity index (χ3v) is 7.48. The first-order chi connectivity index (χ1) is 18.7. The van der Waals surface area contributed by atoms with Crippen LogP contribution in [0.25, 0.3) is 0 Å². The van der Waals surface area contributed by atoms with Crippen molar-refractivity contribution in [3.05, 3.63) is 52.1 Å². The molecule has 39 heavy (non-hydrogen) atoms. The highest BCUT2D eigenvalue weighted by Crippen LogP contribution is 2.40. The number of ether oxygens (including phenoxy) is 2. The Bertz CT molecular complexity index is 1090. The predicted molar refractivity (Wildman–Crippen MR) is 147 cm³/mol. The molecule has 10 heteroatoms. The van der Waals surface area contributed by atoms with E-state index in [-0.39, 0.29) is 16.8 Å². The molecular formula is C29H41FN4O5. The van der Waals surface area contributed by atoms with Crippen molar-refractivity contribution < 1.29 is 28.2 Å². The predicted octanol–water partition coefficient (Wildman–Crippen LogP) is 4.43. The summed E-state index contributed by atoms with van der Waals surface area (Å²) in [4.78, 5) is 40.4. The van der Waals surface area contributed by atoms with Crippen LogP contribution in [0.1, 0.15) is 64.4 Å². The number of nitrogens with one attached hydrogen (secondary N) is 3. The van der Waals surface area contributed by atoms with Gasteiger partial charge in [0.25, 0.3) is 0 Å². The first-order valence-corrected chi connectivity index (χ1v) is 13.6. The fraction of sp³-hybridized carbons (Fsp3) is 0.552. The van der Waals surface area contributed by atoms with Crippen LogP contribution in [0.15, 0.2) is 40.7 Å². The molecule has 0 atom stereocenters. The van der Waals surface area contributed by atoms with Gasteiger partial charge in [-0.2, -0.15) is 0 Å². The summed E-state index contributed by atoms with van der Waals surface area (Å²) in [7, 11) is 2.50. The molecule has 0 bridgehead atoms. The van der Waals surface area contributed by atoms with Crippen LogP contribution in [0, 0.1) is 11.7 Å². The zero-order chi connectivity index (χ0) is 28.5. The van der Waals surface area contributed by atoms with Gasteiger partial charge in [0.1, 0.15) is 5.82 Å². The van der Waals surface area contributed by atoms with E-state index in [0.717, 1.165) is 32.0 Å². The molecule has 1 fully saturated rings. The minimum atomic E-state index is -0.878. The number of esters is 2. The molecule has 214 valence electrons. The van der Waals surface area contributed by atoms with Crippen molar-refractivity contribution in [2.45, 2.75) is 58.8 Å². The number of hydrogen-bond acceptors (Lipinski definition) is 7. The third-order valence-electron chi connectivity index (χ3n) is 7.48. The summed E-state index contributed by atoms with van der Waals surface area (Å²) in [5.74, 6) is -1.96. The summed E-state index contributed by atoms with van der Waals surface area (Å²) in [6.45, 7) is 9.17. The first-order valence-electron chi connectivity index (χ1n) is 13.6. The van der Waals surface area contributed by atoms with Crippen LogP contribution in [0.4, 0.5) is 14.9 Å². The summed E-state index contributed by atoms with van der Waals surface area (Å²) in [6, 6.07) is 3.57. The van der Waals surface area contributed by atoms with E-state index in [1.54, 1.807) is 13.8 Å². The molecule has 2 amide bonds. The van der Waals surface area contributed by atoms with Crippen LogP contribution >= 0.6 is 0 Å². The summed E-state index contributed by atoms with van der Waals surface area (Å²) in [6.07, 6.45) is 5.78. The molecule has 0 unspecified atom stereocenters. The molecule has 2 aliphatic rings. The minimum Gasteiger partial charge on any atom is -0.466 e. The number of rotatable bonds is 10. The SMILES string of the molecule is CCCC1CCN(CCCNC(=O)Nc2cc(C3C(C(=O)OC)=C(C)NC(C)=C3C(=O)OC)ccc2F)CC1. The van der Waals surface area contributed by atoms with Gasteiger partial charge in [-0.3, -0.25) is 0 Å². The molecule has 0 saturated carbocycles. The summed E-state index contributed by atoms with van der Waals surface area (Å²) < 4.78 is 24.7. The molecule has 2 heterocycles. The number of carbonyl (C=O) groups is 3. The van der Waals surface area contributed by atoms with Crippen LogP contribution in [-0.4, -0.2) is 63.3 Å². The normalized spacial score (nSPS) is 17.1. The zero-order valence-electron chi connectivity index (χ0n) is 23.6. The Labute approximate surface area is 230 Å². The maximum absolute atomic E-state index is 14.7. The van der Waals surface area contributed by atoms with Crippen LogP contribution < -0.4 is 16.0 Å². The van der Waals surface area contributed by atoms with Gasteiger partial charge in [0.05, 0.1) is 37.0 Å². The standard InChI is InChI=1S/C29H41FN4O5/c1-6-8-20-11-15-34(16-12-20)14-7-13-31-29(37)33-23-17-21(9-10-22(23)30)26-24(27(35)38-4)18(2)32-19(3)25(26)28(36)39-5/h9-10,17,20,26,32H,6-8,11-16H2,1-5H3,(H2,31,33,37). The second-order valence-corrected chi connectivity index (χ2v) is 10.2. The molecule has 2 aliphatic heterocycles. The topological polar surface area (TPSA) is 109 Å². The lowest BCUT2D eigenvalue weighted by Gasteiger charge is -2.31. The number of nitrogens with zero attached hydrogens (tertiary/aromatic N) is 1. The smallest absolute Gasteiger partial charge is 0.336 e. The number of halogens is 1. The second-order valence-electron chi connectivity index (χ2n) is 10.2. The number of carbonyl (C=O) groups excluding carboxylic acids is 3. The molecule has 0 aliphatic carbocycles. The Morgan fingerprint density at radius 3 is 2.23 bits per heavy atom. The van der Waals surface area contributed by atoms with Gasteiger partial charge in [-0.25, -0.2) is 18.8 Å². The van der Waals surface area contributed by atoms with Gasteiger partial charge in [-0.15, -0.1) is 0 Å². The molecule has 0 aromatic heterocycles. The number of likely N-dealkylation sites (tertiary alicyclic amines) is 1. The monoisotopic (exact) mass is 544 g/mol. The number of methoxy groups -OCH3 is 2. The van der Waals surface area contributed by atoms with E-state index in [1.807, 2.05) is 0 Å². The lowest BCUT2D eigenvalue weighted by molar-refractivity contribution is -0.137. The fourth-order valence-corrected chi connectivity index (χ4v) is 5.48. The molecule has 1 aromatic rings. The van der Waals surface area contributed by atoms with Crippen LogP contribution in [0.3, 0.4) is 0 Å². The van der Waals surface area contributed by atoms with Crippen molar-refractivity contribution in [2.24, 2.45) is 5.92 Å². The highest BCUT2D eigenvalue weighted by Gasteiger charge is 2.38. The molecule has 0 spiro atoms. The number of piperidine rings is 1. The van der Waals surface area contributed by atoms with Crippen molar-refractivity contribution in [1.82, 2.24) is 15.5 Å². The van der Waals surface area contributed by atoms with Crippen molar-refractivity contribution in [3.8, 4) is 0 Å². The maximum atomic E-state index is 14.7. The molecule has 3 N–H and O–H groups in total. The van der Waals surface area contributed by atoms with E-state index in [2.05, 4.69) is 27.8 Å². The summed E-state index contributed by atoms with van der Waals surface area (Å²) in [5, 5.41) is 8.39. The maximum Gasteiger partial charge on any atom is 0.336 e. The number of benzene rings is 1. The van der Waals surface area contributed by atoms with E-state index in [1.165, 1.54) is 58.1 Å². The van der Waals surface area contributed by atoms with Gasteiger partial charge in [0.15, 0.2) is 0 Å². The van der Waals surface area contributed by atoms with E-state index >= 15 is 0 Å². The number of allylic oxidation sites excluding steroid dienone is 2. The third kappa shape index (κ3) is 7.59. The minimum absolute atomic E-state index is 0.0646. The lowest BCUT2D eigenvalue weighted by Crippen LogP contribution is -2.36. The van der Waals surface area contributed by atoms with E-state index in [4.69, 9.17) is 9.47 Å². The van der Waals surface area contributed by atoms with Crippen LogP contribution in [0.5, 0.6) is 0 Å². The summed E-state index contributed by atoms with van der Waals surface area (Å²) in [5.41, 5.74) is 1.77. The van der Waals surface area contributed by atoms with Gasteiger partial charge in [0.2, 0.25) is 0 Å². The van der Waals surface area contributed by atoms with Crippen molar-refractivity contribution >= 4 is 23.7 Å². The Balaban J connectivity index is 1.68. The number of dihydropyridines is 1. The van der Waals surface area contributed by atoms with E-state index in [0.29, 0.717) is 23.5 Å². The van der Waals surface area contributed by atoms with Crippen molar-refractivity contribution in [1.29, 1.82) is 0 Å². The lowest BCUT2D eigenvalue weighted by atomic mass is 9.80. The van der Waals surface area contributed by atoms with Gasteiger partial charge in [-0.1, -0.05) is 25.8 Å². The molecular weight excluding hydrogens is 503 g/mol. The number of hydrogen-bond donors (Lipinski definition) is 3. The summed E-state index contributed by atoms with van der Waals surface area (Å²) >= 11 is 0. The number of anilines is 1. The zero-order valence-corrected chi connectivity index (χ0v) is 23.6. The molecule has 0 radical (unpaired) electrons. The first kappa shape index (κ1) is 30.1. The van der Waals surface area contributed by atoms with Gasteiger partial charge in [0, 0.05) is 17.9 Å². The average Bonchev–Trinajstić information content (AvgIpc) is 2.92. The Morgan fingerprint density at radius 2 is 1.67 bits per heavy atom. The van der Waals surface area contributed by atoms with Gasteiger partial charge >= 0.3 is 18.0 Å². The van der Waals surface area contributed by atoms with Crippen LogP contribution in [0.2, 0.25) is 0 Å². The van der Waals surface area contributed by atoms with Crippen molar-refractivity contribution in [2.75, 3.05) is 45.7 Å². The molecule has 3 rings (SSSR count). The number of urea groups is 1. The quantitative estimate of drug-likeness (QED) is 0.295. The Kier molecular flexibility index (Phi) is 10.9. The number of amides is 2. The molecule has 1 aromatic carbocycles. The van der Waals surface area contributed by atoms with E-state index in [9.17, 15) is 18.8 Å². The molecule has 1 saturated heterocycles. The Morgan fingerprint density at radius 1 is 1.05 bits per heavy atom. The van der Waals surface area contributed by atoms with E-state index < -0.39 is 29.7 Å². The largest absolute Gasteiger partial charge is 0.466 e. The van der Waals surface area contributed by atoms with Gasteiger partial charge < -0.3 is 30.3 Å². The highest BCUT2D eigenvalue weighted by molar-refractivity contribution is 6.00. The van der Waals surface area contributed by atoms with Crippen molar-refractivity contribution in [3.63, 3.8) is 0 Å². The average molecular weight is 545 g/mol. The molecule has 9 nitrogen and oxygen atoms in total. The second kappa shape index (κ2) is 14.1. The Hall–Kier alpha value is -3.40. The highest BCUT2D eigenvalue weighted by atomic mass is 19.1. The van der Waals surface area contributed by atoms with Gasteiger partial charge in [-0.05, 0) is 76.4 Å². The fourth-order valence-electron chi connectivity index (χ4n) is 5.48.